The van der Waals surface area contributed by atoms with Gasteiger partial charge in [-0.3, -0.25) is 14.2 Å². The van der Waals surface area contributed by atoms with Crippen LogP contribution in [0.1, 0.15) is 34.2 Å². The van der Waals surface area contributed by atoms with Gasteiger partial charge in [-0.1, -0.05) is 30.3 Å². The molecule has 1 aromatic carbocycles. The summed E-state index contributed by atoms with van der Waals surface area (Å²) in [5, 5.41) is 9.96. The van der Waals surface area contributed by atoms with Crippen LogP contribution in [-0.4, -0.2) is 20.6 Å². The summed E-state index contributed by atoms with van der Waals surface area (Å²) in [5.74, 6) is -0.790. The summed E-state index contributed by atoms with van der Waals surface area (Å²) in [6.45, 7) is 2.26. The number of benzene rings is 1. The van der Waals surface area contributed by atoms with E-state index in [1.54, 1.807) is 4.57 Å². The molecule has 122 valence electrons. The van der Waals surface area contributed by atoms with Crippen LogP contribution in [0, 0.1) is 6.92 Å². The maximum atomic E-state index is 13.1. The fourth-order valence-corrected chi connectivity index (χ4v) is 4.71. The van der Waals surface area contributed by atoms with Gasteiger partial charge in [0.25, 0.3) is 5.56 Å². The molecule has 6 heteroatoms. The van der Waals surface area contributed by atoms with Gasteiger partial charge in [-0.25, -0.2) is 4.98 Å². The van der Waals surface area contributed by atoms with Crippen molar-refractivity contribution in [3.05, 3.63) is 62.5 Å². The molecule has 1 aliphatic rings. The average molecular weight is 340 g/mol. The summed E-state index contributed by atoms with van der Waals surface area (Å²) in [6, 6.07) is 9.74. The first-order valence-electron chi connectivity index (χ1n) is 7.85. The van der Waals surface area contributed by atoms with E-state index in [0.29, 0.717) is 41.0 Å². The van der Waals surface area contributed by atoms with Gasteiger partial charge in [-0.2, -0.15) is 0 Å². The van der Waals surface area contributed by atoms with E-state index >= 15 is 0 Å². The summed E-state index contributed by atoms with van der Waals surface area (Å²) in [4.78, 5) is 30.9. The van der Waals surface area contributed by atoms with Crippen molar-refractivity contribution in [3.63, 3.8) is 0 Å². The highest BCUT2D eigenvalue weighted by atomic mass is 32.1. The molecule has 3 aromatic rings. The number of fused-ring (bicyclic) bond motifs is 3. The molecule has 1 N–H and O–H groups in total. The van der Waals surface area contributed by atoms with Gasteiger partial charge >= 0.3 is 5.97 Å². The van der Waals surface area contributed by atoms with E-state index in [1.807, 2.05) is 37.3 Å². The van der Waals surface area contributed by atoms with Crippen molar-refractivity contribution >= 4 is 27.5 Å². The second kappa shape index (κ2) is 5.56. The second-order valence-corrected chi connectivity index (χ2v) is 7.17. The van der Waals surface area contributed by atoms with Gasteiger partial charge in [0.05, 0.1) is 17.8 Å². The molecular weight excluding hydrogens is 324 g/mol. The highest BCUT2D eigenvalue weighted by Crippen LogP contribution is 2.42. The number of hydrogen-bond acceptors (Lipinski definition) is 4. The first kappa shape index (κ1) is 15.1. The maximum absolute atomic E-state index is 13.1. The van der Waals surface area contributed by atoms with Crippen molar-refractivity contribution < 1.29 is 9.90 Å². The normalized spacial score (nSPS) is 16.5. The van der Waals surface area contributed by atoms with Crippen LogP contribution in [0.3, 0.4) is 0 Å². The minimum atomic E-state index is -0.858. The molecule has 24 heavy (non-hydrogen) atoms. The second-order valence-electron chi connectivity index (χ2n) is 6.08. The molecule has 0 amide bonds. The number of hydrogen-bond donors (Lipinski definition) is 1. The Hall–Kier alpha value is -2.47. The summed E-state index contributed by atoms with van der Waals surface area (Å²) in [6.07, 6.45) is 1.28. The Bertz CT molecular complexity index is 1000. The van der Waals surface area contributed by atoms with Gasteiger partial charge in [0, 0.05) is 4.88 Å². The van der Waals surface area contributed by atoms with Gasteiger partial charge in [0.1, 0.15) is 10.7 Å². The number of rotatable bonds is 3. The van der Waals surface area contributed by atoms with E-state index in [1.165, 1.54) is 11.3 Å². The first-order chi connectivity index (χ1) is 11.6. The van der Waals surface area contributed by atoms with Gasteiger partial charge in [-0.05, 0) is 30.9 Å². The minimum absolute atomic E-state index is 0.132. The minimum Gasteiger partial charge on any atom is -0.481 e. The lowest BCUT2D eigenvalue weighted by Crippen LogP contribution is -2.25. The van der Waals surface area contributed by atoms with Crippen LogP contribution in [0.4, 0.5) is 0 Å². The molecule has 2 aromatic heterocycles. The average Bonchev–Trinajstić information content (AvgIpc) is 3.10. The summed E-state index contributed by atoms with van der Waals surface area (Å²) in [5.41, 5.74) is 1.58. The number of thiophene rings is 1. The van der Waals surface area contributed by atoms with E-state index < -0.39 is 11.9 Å². The van der Waals surface area contributed by atoms with Crippen molar-refractivity contribution in [1.82, 2.24) is 9.55 Å². The Morgan fingerprint density at radius 2 is 2.12 bits per heavy atom. The number of carbonyl (C=O) groups is 1. The molecular formula is C18H16N2O3S. The molecule has 0 radical (unpaired) electrons. The van der Waals surface area contributed by atoms with Crippen LogP contribution in [0.15, 0.2) is 35.1 Å². The lowest BCUT2D eigenvalue weighted by atomic mass is 10.0. The largest absolute Gasteiger partial charge is 0.481 e. The predicted octanol–water partition coefficient (Wildman–Crippen LogP) is 2.93. The third-order valence-corrected chi connectivity index (χ3v) is 5.77. The monoisotopic (exact) mass is 340 g/mol. The topological polar surface area (TPSA) is 72.2 Å². The van der Waals surface area contributed by atoms with Crippen molar-refractivity contribution in [1.29, 1.82) is 0 Å². The molecule has 1 aliphatic carbocycles. The van der Waals surface area contributed by atoms with Crippen molar-refractivity contribution in [2.75, 3.05) is 0 Å². The van der Waals surface area contributed by atoms with E-state index in [4.69, 9.17) is 0 Å². The van der Waals surface area contributed by atoms with E-state index in [9.17, 15) is 14.7 Å². The smallest absolute Gasteiger partial charge is 0.311 e. The van der Waals surface area contributed by atoms with Crippen molar-refractivity contribution in [3.8, 4) is 0 Å². The van der Waals surface area contributed by atoms with Crippen molar-refractivity contribution in [2.45, 2.75) is 32.2 Å². The van der Waals surface area contributed by atoms with E-state index in [-0.39, 0.29) is 5.56 Å². The molecule has 0 bridgehead atoms. The number of carboxylic acids is 1. The number of nitrogens with zero attached hydrogens (tertiary/aromatic N) is 2. The number of carboxylic acid groups (broad SMARTS) is 1. The van der Waals surface area contributed by atoms with Gasteiger partial charge in [0.15, 0.2) is 0 Å². The highest BCUT2D eigenvalue weighted by molar-refractivity contribution is 7.18. The standard InChI is InChI=1S/C18H16N2O3S/c1-10-19-16-15(14-12(18(22)23)7-8-13(14)24-16)17(21)20(10)9-11-5-3-2-4-6-11/h2-6,12H,7-9H2,1H3,(H,22,23). The number of aryl methyl sites for hydroxylation is 2. The molecule has 0 saturated heterocycles. The van der Waals surface area contributed by atoms with E-state index in [2.05, 4.69) is 4.98 Å². The number of aromatic nitrogens is 2. The van der Waals surface area contributed by atoms with Gasteiger partial charge in [-0.15, -0.1) is 11.3 Å². The zero-order valence-corrected chi connectivity index (χ0v) is 14.0. The lowest BCUT2D eigenvalue weighted by Gasteiger charge is -2.11. The third kappa shape index (κ3) is 2.26. The Balaban J connectivity index is 1.92. The molecule has 0 spiro atoms. The van der Waals surface area contributed by atoms with Crippen molar-refractivity contribution in [2.24, 2.45) is 0 Å². The highest BCUT2D eigenvalue weighted by Gasteiger charge is 2.34. The third-order valence-electron chi connectivity index (χ3n) is 4.61. The zero-order chi connectivity index (χ0) is 16.8. The van der Waals surface area contributed by atoms with Crippen LogP contribution in [0.5, 0.6) is 0 Å². The SMILES string of the molecule is Cc1nc2sc3c(c2c(=O)n1Cc1ccccc1)C(C(=O)O)CC3. The first-order valence-corrected chi connectivity index (χ1v) is 8.67. The Kier molecular flexibility index (Phi) is 3.49. The molecule has 0 fully saturated rings. The molecule has 1 unspecified atom stereocenters. The van der Waals surface area contributed by atoms with Crippen LogP contribution in [0.2, 0.25) is 0 Å². The van der Waals surface area contributed by atoms with Gasteiger partial charge in [0.2, 0.25) is 0 Å². The Morgan fingerprint density at radius 1 is 1.38 bits per heavy atom. The fraction of sp³-hybridized carbons (Fsp3) is 0.278. The lowest BCUT2D eigenvalue weighted by molar-refractivity contribution is -0.138. The number of aliphatic carboxylic acids is 1. The van der Waals surface area contributed by atoms with Gasteiger partial charge < -0.3 is 5.11 Å². The molecule has 1 atom stereocenters. The zero-order valence-electron chi connectivity index (χ0n) is 13.2. The van der Waals surface area contributed by atoms with Crippen LogP contribution >= 0.6 is 11.3 Å². The molecule has 4 rings (SSSR count). The fourth-order valence-electron chi connectivity index (χ4n) is 3.43. The van der Waals surface area contributed by atoms with E-state index in [0.717, 1.165) is 10.4 Å². The maximum Gasteiger partial charge on any atom is 0.311 e. The Labute approximate surface area is 142 Å². The molecule has 0 saturated carbocycles. The van der Waals surface area contributed by atoms with Crippen LogP contribution in [0.25, 0.3) is 10.2 Å². The predicted molar refractivity (Wildman–Crippen MR) is 92.9 cm³/mol. The molecule has 0 aliphatic heterocycles. The summed E-state index contributed by atoms with van der Waals surface area (Å²) < 4.78 is 1.64. The summed E-state index contributed by atoms with van der Waals surface area (Å²) >= 11 is 1.46. The molecule has 5 nitrogen and oxygen atoms in total. The molecule has 2 heterocycles. The quantitative estimate of drug-likeness (QED) is 0.796. The van der Waals surface area contributed by atoms with Crippen LogP contribution in [-0.2, 0) is 17.8 Å². The Morgan fingerprint density at radius 3 is 2.83 bits per heavy atom. The summed E-state index contributed by atoms with van der Waals surface area (Å²) in [7, 11) is 0. The van der Waals surface area contributed by atoms with Crippen LogP contribution < -0.4 is 5.56 Å².